The Morgan fingerprint density at radius 3 is 2.61 bits per heavy atom. The lowest BCUT2D eigenvalue weighted by molar-refractivity contribution is 0.421. The van der Waals surface area contributed by atoms with Gasteiger partial charge in [0.15, 0.2) is 5.82 Å². The molecular weight excluding hydrogens is 224 g/mol. The van der Waals surface area contributed by atoms with Crippen molar-refractivity contribution in [2.24, 2.45) is 0 Å². The Balaban J connectivity index is 2.15. The molecule has 0 aliphatic carbocycles. The monoisotopic (exact) mass is 242 g/mol. The summed E-state index contributed by atoms with van der Waals surface area (Å²) < 4.78 is 5.26. The minimum Gasteiger partial charge on any atom is -0.334 e. The van der Waals surface area contributed by atoms with Crippen molar-refractivity contribution in [3.63, 3.8) is 0 Å². The summed E-state index contributed by atoms with van der Waals surface area (Å²) >= 11 is 0. The van der Waals surface area contributed by atoms with E-state index in [2.05, 4.69) is 23.6 Å². The van der Waals surface area contributed by atoms with Crippen molar-refractivity contribution in [2.45, 2.75) is 33.1 Å². The quantitative estimate of drug-likeness (QED) is 0.792. The zero-order valence-electron chi connectivity index (χ0n) is 10.9. The highest BCUT2D eigenvalue weighted by atomic mass is 16.5. The van der Waals surface area contributed by atoms with Gasteiger partial charge < -0.3 is 4.52 Å². The molecule has 0 unspecified atom stereocenters. The normalized spacial score (nSPS) is 10.6. The van der Waals surface area contributed by atoms with E-state index in [4.69, 9.17) is 4.52 Å². The van der Waals surface area contributed by atoms with Crippen LogP contribution < -0.4 is 0 Å². The summed E-state index contributed by atoms with van der Waals surface area (Å²) in [5.41, 5.74) is 3.13. The van der Waals surface area contributed by atoms with Gasteiger partial charge in [0.2, 0.25) is 0 Å². The third-order valence-electron chi connectivity index (χ3n) is 2.85. The molecule has 1 heterocycles. The van der Waals surface area contributed by atoms with Gasteiger partial charge in [0.1, 0.15) is 0 Å². The summed E-state index contributed by atoms with van der Waals surface area (Å²) in [5.74, 6) is 1.38. The molecule has 0 aliphatic heterocycles. The number of benzene rings is 1. The fraction of sp³-hybridized carbons (Fsp3) is 0.333. The molecule has 0 N–H and O–H groups in total. The molecule has 0 amide bonds. The Morgan fingerprint density at radius 1 is 1.28 bits per heavy atom. The molecule has 2 rings (SSSR count). The van der Waals surface area contributed by atoms with Crippen LogP contribution in [0.5, 0.6) is 0 Å². The third kappa shape index (κ3) is 2.86. The molecule has 0 radical (unpaired) electrons. The van der Waals surface area contributed by atoms with Crippen LogP contribution in [0.3, 0.4) is 0 Å². The van der Waals surface area contributed by atoms with Crippen molar-refractivity contribution < 1.29 is 4.52 Å². The zero-order chi connectivity index (χ0) is 13.0. The number of hydrogen-bond acceptors (Lipinski definition) is 3. The summed E-state index contributed by atoms with van der Waals surface area (Å²) in [5, 5.41) is 3.98. The van der Waals surface area contributed by atoms with Crippen LogP contribution in [0, 0.1) is 0 Å². The molecular formula is C15H18N2O. The minimum atomic E-state index is 0.592. The van der Waals surface area contributed by atoms with Crippen molar-refractivity contribution in [3.05, 3.63) is 42.2 Å². The largest absolute Gasteiger partial charge is 0.334 e. The van der Waals surface area contributed by atoms with Crippen molar-refractivity contribution in [2.75, 3.05) is 0 Å². The van der Waals surface area contributed by atoms with E-state index in [-0.39, 0.29) is 0 Å². The molecule has 2 aromatic rings. The fourth-order valence-corrected chi connectivity index (χ4v) is 1.70. The van der Waals surface area contributed by atoms with Crippen LogP contribution in [0.4, 0.5) is 0 Å². The van der Waals surface area contributed by atoms with Crippen LogP contribution in [0.15, 0.2) is 35.4 Å². The first-order chi connectivity index (χ1) is 8.70. The lowest BCUT2D eigenvalue weighted by atomic mass is 10.1. The van der Waals surface area contributed by atoms with Gasteiger partial charge in [0.25, 0.3) is 5.89 Å². The highest BCUT2D eigenvalue weighted by Gasteiger charge is 2.08. The average molecular weight is 242 g/mol. The SMILES string of the molecule is C=C(C)c1ccc(-c2nc(CCCC)no2)cc1. The van der Waals surface area contributed by atoms with Gasteiger partial charge in [-0.15, -0.1) is 0 Å². The number of hydrogen-bond donors (Lipinski definition) is 0. The second-order valence-corrected chi connectivity index (χ2v) is 4.48. The summed E-state index contributed by atoms with van der Waals surface area (Å²) in [6.07, 6.45) is 3.11. The first kappa shape index (κ1) is 12.6. The predicted molar refractivity (Wildman–Crippen MR) is 73.1 cm³/mol. The molecule has 1 aromatic carbocycles. The summed E-state index contributed by atoms with van der Waals surface area (Å²) in [7, 11) is 0. The van der Waals surface area contributed by atoms with Gasteiger partial charge in [-0.3, -0.25) is 0 Å². The lowest BCUT2D eigenvalue weighted by Crippen LogP contribution is -1.87. The molecule has 0 saturated carbocycles. The smallest absolute Gasteiger partial charge is 0.257 e. The third-order valence-corrected chi connectivity index (χ3v) is 2.85. The summed E-state index contributed by atoms with van der Waals surface area (Å²) in [6.45, 7) is 8.05. The molecule has 0 saturated heterocycles. The summed E-state index contributed by atoms with van der Waals surface area (Å²) in [6, 6.07) is 8.02. The topological polar surface area (TPSA) is 38.9 Å². The van der Waals surface area contributed by atoms with Crippen LogP contribution in [-0.2, 0) is 6.42 Å². The molecule has 1 aromatic heterocycles. The number of aryl methyl sites for hydroxylation is 1. The number of rotatable bonds is 5. The van der Waals surface area contributed by atoms with Crippen molar-refractivity contribution in [1.82, 2.24) is 10.1 Å². The van der Waals surface area contributed by atoms with Gasteiger partial charge in [-0.05, 0) is 31.0 Å². The number of aromatic nitrogens is 2. The van der Waals surface area contributed by atoms with Gasteiger partial charge in [0, 0.05) is 12.0 Å². The van der Waals surface area contributed by atoms with E-state index in [9.17, 15) is 0 Å². The predicted octanol–water partition coefficient (Wildman–Crippen LogP) is 4.11. The van der Waals surface area contributed by atoms with Crippen LogP contribution in [0.2, 0.25) is 0 Å². The van der Waals surface area contributed by atoms with Gasteiger partial charge in [0.05, 0.1) is 0 Å². The maximum absolute atomic E-state index is 5.26. The van der Waals surface area contributed by atoms with E-state index in [0.29, 0.717) is 5.89 Å². The second kappa shape index (κ2) is 5.63. The molecule has 94 valence electrons. The van der Waals surface area contributed by atoms with Crippen LogP contribution in [0.25, 0.3) is 17.0 Å². The van der Waals surface area contributed by atoms with E-state index in [0.717, 1.165) is 41.8 Å². The van der Waals surface area contributed by atoms with E-state index in [1.54, 1.807) is 0 Å². The maximum Gasteiger partial charge on any atom is 0.257 e. The summed E-state index contributed by atoms with van der Waals surface area (Å²) in [4.78, 5) is 4.39. The highest BCUT2D eigenvalue weighted by molar-refractivity contribution is 5.64. The van der Waals surface area contributed by atoms with Crippen LogP contribution >= 0.6 is 0 Å². The van der Waals surface area contributed by atoms with Crippen molar-refractivity contribution in [3.8, 4) is 11.5 Å². The van der Waals surface area contributed by atoms with Gasteiger partial charge >= 0.3 is 0 Å². The van der Waals surface area contributed by atoms with E-state index in [1.165, 1.54) is 0 Å². The molecule has 18 heavy (non-hydrogen) atoms. The Kier molecular flexibility index (Phi) is 3.92. The lowest BCUT2D eigenvalue weighted by Gasteiger charge is -1.99. The fourth-order valence-electron chi connectivity index (χ4n) is 1.70. The Labute approximate surface area is 108 Å². The molecule has 0 bridgehead atoms. The zero-order valence-corrected chi connectivity index (χ0v) is 10.9. The molecule has 3 heteroatoms. The second-order valence-electron chi connectivity index (χ2n) is 4.48. The molecule has 0 fully saturated rings. The van der Waals surface area contributed by atoms with Crippen molar-refractivity contribution in [1.29, 1.82) is 0 Å². The number of allylic oxidation sites excluding steroid dienone is 1. The van der Waals surface area contributed by atoms with Crippen LogP contribution in [0.1, 0.15) is 38.1 Å². The van der Waals surface area contributed by atoms with Gasteiger partial charge in [-0.2, -0.15) is 4.98 Å². The Morgan fingerprint density at radius 2 is 2.00 bits per heavy atom. The average Bonchev–Trinajstić information content (AvgIpc) is 2.85. The van der Waals surface area contributed by atoms with E-state index in [1.807, 2.05) is 31.2 Å². The number of nitrogens with zero attached hydrogens (tertiary/aromatic N) is 2. The Bertz CT molecular complexity index is 526. The Hall–Kier alpha value is -1.90. The molecule has 0 aliphatic rings. The van der Waals surface area contributed by atoms with Crippen LogP contribution in [-0.4, -0.2) is 10.1 Å². The maximum atomic E-state index is 5.26. The molecule has 0 spiro atoms. The van der Waals surface area contributed by atoms with Gasteiger partial charge in [-0.25, -0.2) is 0 Å². The van der Waals surface area contributed by atoms with Gasteiger partial charge in [-0.1, -0.05) is 42.8 Å². The highest BCUT2D eigenvalue weighted by Crippen LogP contribution is 2.20. The molecule has 0 atom stereocenters. The number of unbranched alkanes of at least 4 members (excludes halogenated alkanes) is 1. The first-order valence-corrected chi connectivity index (χ1v) is 6.29. The minimum absolute atomic E-state index is 0.592. The standard InChI is InChI=1S/C15H18N2O/c1-4-5-6-14-16-15(18-17-14)13-9-7-12(8-10-13)11(2)3/h7-10H,2,4-6H2,1,3H3. The first-order valence-electron chi connectivity index (χ1n) is 6.29. The van der Waals surface area contributed by atoms with E-state index >= 15 is 0 Å². The molecule has 3 nitrogen and oxygen atoms in total. The van der Waals surface area contributed by atoms with E-state index < -0.39 is 0 Å². The van der Waals surface area contributed by atoms with Crippen molar-refractivity contribution >= 4 is 5.57 Å².